The Morgan fingerprint density at radius 2 is 1.44 bits per heavy atom. The second kappa shape index (κ2) is 13.2. The average molecular weight is 573 g/mol. The number of para-hydroxylation sites is 1. The second-order valence-corrected chi connectivity index (χ2v) is 10.4. The third-order valence-electron chi connectivity index (χ3n) is 7.17. The fraction of sp³-hybridized carbons (Fsp3) is 0.552. The Bertz CT molecular complexity index is 1300. The molecule has 5 atom stereocenters. The molecule has 222 valence electrons. The van der Waals surface area contributed by atoms with Gasteiger partial charge in [0.25, 0.3) is 5.91 Å². The number of hydrogen-bond acceptors (Lipinski definition) is 10. The molecule has 5 unspecified atom stereocenters. The molecule has 0 bridgehead atoms. The number of esters is 4. The molecule has 1 saturated carbocycles. The summed E-state index contributed by atoms with van der Waals surface area (Å²) in [7, 11) is 0. The smallest absolute Gasteiger partial charge is 0.303 e. The number of hydrogen-bond donors (Lipinski definition) is 1. The molecule has 1 aliphatic heterocycles. The van der Waals surface area contributed by atoms with E-state index in [-0.39, 0.29) is 18.6 Å². The summed E-state index contributed by atoms with van der Waals surface area (Å²) in [6, 6.07) is 7.24. The van der Waals surface area contributed by atoms with Gasteiger partial charge in [0.05, 0.1) is 11.1 Å². The molecule has 12 nitrogen and oxygen atoms in total. The van der Waals surface area contributed by atoms with Crippen molar-refractivity contribution in [1.29, 1.82) is 0 Å². The summed E-state index contributed by atoms with van der Waals surface area (Å²) < 4.78 is 29.8. The molecule has 2 aliphatic rings. The van der Waals surface area contributed by atoms with Crippen molar-refractivity contribution in [3.63, 3.8) is 0 Å². The van der Waals surface area contributed by atoms with E-state index in [1.54, 1.807) is 35.0 Å². The Morgan fingerprint density at radius 3 is 2.07 bits per heavy atom. The summed E-state index contributed by atoms with van der Waals surface area (Å²) >= 11 is 0. The topological polar surface area (TPSA) is 148 Å². The van der Waals surface area contributed by atoms with Crippen LogP contribution >= 0.6 is 0 Å². The number of amides is 1. The van der Waals surface area contributed by atoms with E-state index in [1.807, 2.05) is 0 Å². The lowest BCUT2D eigenvalue weighted by Gasteiger charge is -2.44. The Hall–Kier alpha value is -3.93. The Kier molecular flexibility index (Phi) is 9.64. The minimum Gasteiger partial charge on any atom is -0.463 e. The third-order valence-corrected chi connectivity index (χ3v) is 7.17. The molecule has 4 rings (SSSR count). The Balaban J connectivity index is 1.80. The summed E-state index contributed by atoms with van der Waals surface area (Å²) in [6.45, 7) is 4.38. The lowest BCUT2D eigenvalue weighted by Crippen LogP contribution is -2.60. The monoisotopic (exact) mass is 572 g/mol. The van der Waals surface area contributed by atoms with E-state index in [0.29, 0.717) is 16.5 Å². The summed E-state index contributed by atoms with van der Waals surface area (Å²) in [5.41, 5.74) is 0.973. The fourth-order valence-corrected chi connectivity index (χ4v) is 5.54. The normalized spacial score (nSPS) is 24.7. The highest BCUT2D eigenvalue weighted by Gasteiger charge is 2.53. The van der Waals surface area contributed by atoms with Gasteiger partial charge in [-0.2, -0.15) is 0 Å². The van der Waals surface area contributed by atoms with Crippen molar-refractivity contribution in [3.05, 3.63) is 36.0 Å². The molecule has 1 aliphatic carbocycles. The van der Waals surface area contributed by atoms with Gasteiger partial charge in [-0.1, -0.05) is 37.5 Å². The molecule has 1 saturated heterocycles. The first-order chi connectivity index (χ1) is 19.5. The zero-order chi connectivity index (χ0) is 29.7. The zero-order valence-corrected chi connectivity index (χ0v) is 23.6. The molecule has 0 spiro atoms. The summed E-state index contributed by atoms with van der Waals surface area (Å²) in [5, 5.41) is 3.76. The maximum Gasteiger partial charge on any atom is 0.303 e. The van der Waals surface area contributed by atoms with Gasteiger partial charge in [-0.25, -0.2) is 0 Å². The van der Waals surface area contributed by atoms with Crippen LogP contribution in [0.2, 0.25) is 0 Å². The molecule has 2 aromatic rings. The highest BCUT2D eigenvalue weighted by molar-refractivity contribution is 6.07. The number of nitrogens with zero attached hydrogens (tertiary/aromatic N) is 1. The number of nitrogens with one attached hydrogen (secondary N) is 1. The van der Waals surface area contributed by atoms with Gasteiger partial charge < -0.3 is 33.6 Å². The van der Waals surface area contributed by atoms with E-state index < -0.39 is 54.5 Å². The minimum absolute atomic E-state index is 0.0732. The Morgan fingerprint density at radius 1 is 0.829 bits per heavy atom. The van der Waals surface area contributed by atoms with Crippen molar-refractivity contribution in [2.75, 3.05) is 6.61 Å². The predicted molar refractivity (Wildman–Crippen MR) is 143 cm³/mol. The van der Waals surface area contributed by atoms with Crippen LogP contribution in [0.5, 0.6) is 0 Å². The lowest BCUT2D eigenvalue weighted by molar-refractivity contribution is -0.267. The van der Waals surface area contributed by atoms with Crippen LogP contribution < -0.4 is 5.32 Å². The summed E-state index contributed by atoms with van der Waals surface area (Å²) in [4.78, 5) is 61.6. The summed E-state index contributed by atoms with van der Waals surface area (Å²) in [6.07, 6.45) is 0.523. The molecule has 0 radical (unpaired) electrons. The lowest BCUT2D eigenvalue weighted by atomic mass is 9.95. The number of aromatic nitrogens is 1. The molecule has 1 aromatic carbocycles. The fourth-order valence-electron chi connectivity index (χ4n) is 5.54. The van der Waals surface area contributed by atoms with Crippen LogP contribution in [0.15, 0.2) is 30.5 Å². The molecular weight excluding hydrogens is 536 g/mol. The van der Waals surface area contributed by atoms with E-state index >= 15 is 0 Å². The molecular formula is C29H36N2O10. The number of rotatable bonds is 8. The van der Waals surface area contributed by atoms with Gasteiger partial charge in [-0.3, -0.25) is 24.0 Å². The zero-order valence-electron chi connectivity index (χ0n) is 23.6. The minimum atomic E-state index is -1.32. The first-order valence-corrected chi connectivity index (χ1v) is 13.8. The first-order valence-electron chi connectivity index (χ1n) is 13.8. The van der Waals surface area contributed by atoms with Gasteiger partial charge in [-0.05, 0) is 18.9 Å². The quantitative estimate of drug-likeness (QED) is 0.370. The number of fused-ring (bicyclic) bond motifs is 1. The average Bonchev–Trinajstić information content (AvgIpc) is 3.29. The standard InChI is InChI=1S/C29H36N2O10/c1-16(32)37-15-24-25(38-17(2)33)26(39-18(3)34)27(40-19(4)35)29(41-24)31-14-22(21-12-8-9-13-23(21)31)28(36)30-20-10-6-5-7-11-20/h8-9,12-14,20,24-27,29H,5-7,10-11,15H2,1-4H3,(H,30,36). The maximum atomic E-state index is 13.5. The highest BCUT2D eigenvalue weighted by atomic mass is 16.7. The van der Waals surface area contributed by atoms with Crippen LogP contribution in [-0.2, 0) is 42.9 Å². The number of ether oxygens (including phenoxy) is 5. The van der Waals surface area contributed by atoms with E-state index in [4.69, 9.17) is 23.7 Å². The van der Waals surface area contributed by atoms with Crippen LogP contribution in [0.1, 0.15) is 76.4 Å². The van der Waals surface area contributed by atoms with Crippen molar-refractivity contribution < 1.29 is 47.7 Å². The van der Waals surface area contributed by atoms with Crippen LogP contribution in [0.4, 0.5) is 0 Å². The van der Waals surface area contributed by atoms with Crippen molar-refractivity contribution in [3.8, 4) is 0 Å². The summed E-state index contributed by atoms with van der Waals surface area (Å²) in [5.74, 6) is -2.99. The van der Waals surface area contributed by atoms with Crippen molar-refractivity contribution in [2.24, 2.45) is 0 Å². The predicted octanol–water partition coefficient (Wildman–Crippen LogP) is 2.96. The van der Waals surface area contributed by atoms with Crippen LogP contribution in [0, 0.1) is 0 Å². The van der Waals surface area contributed by atoms with Gasteiger partial charge in [0.2, 0.25) is 0 Å². The SMILES string of the molecule is CC(=O)OCC1OC(n2cc(C(=O)NC3CCCCC3)c3ccccc32)C(OC(C)=O)C(OC(C)=O)C1OC(C)=O. The first kappa shape index (κ1) is 30.0. The number of benzene rings is 1. The molecule has 12 heteroatoms. The highest BCUT2D eigenvalue weighted by Crippen LogP contribution is 2.37. The van der Waals surface area contributed by atoms with Crippen LogP contribution in [0.3, 0.4) is 0 Å². The number of carbonyl (C=O) groups is 5. The van der Waals surface area contributed by atoms with Crippen molar-refractivity contribution in [1.82, 2.24) is 9.88 Å². The molecule has 1 aromatic heterocycles. The van der Waals surface area contributed by atoms with Crippen LogP contribution in [0.25, 0.3) is 10.9 Å². The van der Waals surface area contributed by atoms with Crippen molar-refractivity contribution in [2.45, 2.75) is 96.5 Å². The Labute approximate surface area is 237 Å². The number of carbonyl (C=O) groups excluding carboxylic acids is 5. The van der Waals surface area contributed by atoms with E-state index in [9.17, 15) is 24.0 Å². The molecule has 2 heterocycles. The third kappa shape index (κ3) is 7.24. The molecule has 2 fully saturated rings. The molecule has 1 amide bonds. The van der Waals surface area contributed by atoms with Crippen LogP contribution in [-0.4, -0.2) is 71.4 Å². The van der Waals surface area contributed by atoms with E-state index in [0.717, 1.165) is 39.0 Å². The van der Waals surface area contributed by atoms with Crippen molar-refractivity contribution >= 4 is 40.7 Å². The molecule has 1 N–H and O–H groups in total. The van der Waals surface area contributed by atoms with Gasteiger partial charge in [0.15, 0.2) is 24.5 Å². The molecule has 41 heavy (non-hydrogen) atoms. The largest absolute Gasteiger partial charge is 0.463 e. The van der Waals surface area contributed by atoms with E-state index in [2.05, 4.69) is 5.32 Å². The van der Waals surface area contributed by atoms with Gasteiger partial charge in [0.1, 0.15) is 12.7 Å². The van der Waals surface area contributed by atoms with Gasteiger partial charge >= 0.3 is 23.9 Å². The van der Waals surface area contributed by atoms with E-state index in [1.165, 1.54) is 20.8 Å². The van der Waals surface area contributed by atoms with Gasteiger partial charge in [0, 0.05) is 45.3 Å². The van der Waals surface area contributed by atoms with Gasteiger partial charge in [-0.15, -0.1) is 0 Å². The second-order valence-electron chi connectivity index (χ2n) is 10.4. The maximum absolute atomic E-state index is 13.5.